The minimum Gasteiger partial charge on any atom is -0.379 e. The van der Waals surface area contributed by atoms with Crippen molar-refractivity contribution in [2.45, 2.75) is 11.8 Å². The van der Waals surface area contributed by atoms with Gasteiger partial charge >= 0.3 is 10.1 Å². The Morgan fingerprint density at radius 1 is 0.778 bits per heavy atom. The summed E-state index contributed by atoms with van der Waals surface area (Å²) in [6.07, 6.45) is 3.91. The topological polar surface area (TPSA) is 60.4 Å². The molecule has 0 saturated carbocycles. The van der Waals surface area contributed by atoms with E-state index in [4.69, 9.17) is 4.18 Å². The highest BCUT2D eigenvalue weighted by atomic mass is 32.2. The maximum Gasteiger partial charge on any atom is 0.339 e. The van der Waals surface area contributed by atoms with Crippen molar-refractivity contribution >= 4 is 28.1 Å². The second-order valence-electron chi connectivity index (χ2n) is 5.93. The fourth-order valence-electron chi connectivity index (χ4n) is 2.42. The van der Waals surface area contributed by atoms with Gasteiger partial charge in [-0.3, -0.25) is 4.79 Å². The molecule has 0 amide bonds. The Balaban J connectivity index is 1.71. The van der Waals surface area contributed by atoms with E-state index < -0.39 is 10.1 Å². The van der Waals surface area contributed by atoms with Gasteiger partial charge in [-0.25, -0.2) is 0 Å². The first-order valence-corrected chi connectivity index (χ1v) is 9.73. The van der Waals surface area contributed by atoms with Gasteiger partial charge in [0.2, 0.25) is 0 Å². The fourth-order valence-corrected chi connectivity index (χ4v) is 3.35. The summed E-state index contributed by atoms with van der Waals surface area (Å²) in [7, 11) is -3.95. The molecule has 3 rings (SSSR count). The highest BCUT2D eigenvalue weighted by molar-refractivity contribution is 7.87. The van der Waals surface area contributed by atoms with Crippen LogP contribution in [-0.4, -0.2) is 14.2 Å². The fraction of sp³-hybridized carbons (Fsp3) is 0.0455. The Kier molecular flexibility index (Phi) is 5.52. The zero-order valence-corrected chi connectivity index (χ0v) is 15.5. The van der Waals surface area contributed by atoms with Gasteiger partial charge in [-0.2, -0.15) is 8.42 Å². The largest absolute Gasteiger partial charge is 0.379 e. The summed E-state index contributed by atoms with van der Waals surface area (Å²) in [5, 5.41) is 0. The van der Waals surface area contributed by atoms with Gasteiger partial charge in [0.1, 0.15) is 10.6 Å². The van der Waals surface area contributed by atoms with Gasteiger partial charge in [-0.05, 0) is 42.3 Å². The van der Waals surface area contributed by atoms with E-state index in [2.05, 4.69) is 0 Å². The highest BCUT2D eigenvalue weighted by Crippen LogP contribution is 2.20. The summed E-state index contributed by atoms with van der Waals surface area (Å²) < 4.78 is 29.9. The Morgan fingerprint density at radius 3 is 1.89 bits per heavy atom. The summed E-state index contributed by atoms with van der Waals surface area (Å²) in [6.45, 7) is 1.42. The van der Waals surface area contributed by atoms with Crippen LogP contribution in [0, 0.1) is 0 Å². The number of ketones is 1. The van der Waals surface area contributed by atoms with Crippen molar-refractivity contribution in [1.82, 2.24) is 0 Å². The van der Waals surface area contributed by atoms with Crippen molar-refractivity contribution in [2.75, 3.05) is 0 Å². The van der Waals surface area contributed by atoms with Crippen molar-refractivity contribution in [3.05, 3.63) is 95.6 Å². The Bertz CT molecular complexity index is 1050. The number of benzene rings is 3. The van der Waals surface area contributed by atoms with Crippen LogP contribution in [0.2, 0.25) is 0 Å². The Hall–Kier alpha value is -3.18. The van der Waals surface area contributed by atoms with E-state index in [9.17, 15) is 13.2 Å². The quantitative estimate of drug-likeness (QED) is 0.350. The molecule has 0 heterocycles. The lowest BCUT2D eigenvalue weighted by Crippen LogP contribution is -2.10. The van der Waals surface area contributed by atoms with E-state index in [-0.39, 0.29) is 16.4 Å². The molecule has 4 nitrogen and oxygen atoms in total. The third-order valence-electron chi connectivity index (χ3n) is 3.90. The average Bonchev–Trinajstić information content (AvgIpc) is 2.68. The van der Waals surface area contributed by atoms with Crippen LogP contribution in [-0.2, 0) is 10.1 Å². The molecule has 0 aliphatic carbocycles. The average molecular weight is 378 g/mol. The molecule has 0 N–H and O–H groups in total. The van der Waals surface area contributed by atoms with Crippen LogP contribution in [0.15, 0.2) is 83.8 Å². The lowest BCUT2D eigenvalue weighted by Gasteiger charge is -2.07. The van der Waals surface area contributed by atoms with Crippen molar-refractivity contribution in [3.63, 3.8) is 0 Å². The Labute approximate surface area is 158 Å². The third-order valence-corrected chi connectivity index (χ3v) is 5.16. The standard InChI is InChI=1S/C22H18O4S/c1-17(23)20-11-15-22(16-12-20)27(24,25)26-21-13-9-19(10-14-21)8-7-18-5-3-2-4-6-18/h2-16H,1H3/b8-7+. The summed E-state index contributed by atoms with van der Waals surface area (Å²) in [4.78, 5) is 11.3. The SMILES string of the molecule is CC(=O)c1ccc(S(=O)(=O)Oc2ccc(/C=C/c3ccccc3)cc2)cc1. The minimum absolute atomic E-state index is 0.000509. The smallest absolute Gasteiger partial charge is 0.339 e. The summed E-state index contributed by atoms with van der Waals surface area (Å²) in [6, 6.07) is 22.3. The van der Waals surface area contributed by atoms with Crippen molar-refractivity contribution in [2.24, 2.45) is 0 Å². The van der Waals surface area contributed by atoms with Crippen LogP contribution in [0.3, 0.4) is 0 Å². The molecule has 0 spiro atoms. The lowest BCUT2D eigenvalue weighted by atomic mass is 10.1. The summed E-state index contributed by atoms with van der Waals surface area (Å²) in [5.74, 6) is 0.0986. The monoisotopic (exact) mass is 378 g/mol. The highest BCUT2D eigenvalue weighted by Gasteiger charge is 2.16. The second-order valence-corrected chi connectivity index (χ2v) is 7.48. The van der Waals surface area contributed by atoms with E-state index in [1.165, 1.54) is 31.2 Å². The lowest BCUT2D eigenvalue weighted by molar-refractivity contribution is 0.101. The van der Waals surface area contributed by atoms with Gasteiger partial charge in [0.25, 0.3) is 0 Å². The van der Waals surface area contributed by atoms with Gasteiger partial charge in [0.15, 0.2) is 5.78 Å². The number of Topliss-reactive ketones (excluding diaryl/α,β-unsaturated/α-hetero) is 1. The minimum atomic E-state index is -3.95. The van der Waals surface area contributed by atoms with Gasteiger partial charge < -0.3 is 4.18 Å². The Morgan fingerprint density at radius 2 is 1.33 bits per heavy atom. The van der Waals surface area contributed by atoms with Crippen molar-refractivity contribution in [1.29, 1.82) is 0 Å². The number of hydrogen-bond donors (Lipinski definition) is 0. The molecule has 0 aliphatic rings. The molecule has 3 aromatic rings. The van der Waals surface area contributed by atoms with Crippen LogP contribution in [0.4, 0.5) is 0 Å². The zero-order chi connectivity index (χ0) is 19.3. The molecule has 27 heavy (non-hydrogen) atoms. The van der Waals surface area contributed by atoms with Crippen molar-refractivity contribution in [3.8, 4) is 5.75 Å². The number of carbonyl (C=O) groups is 1. The molecule has 5 heteroatoms. The number of carbonyl (C=O) groups excluding carboxylic acids is 1. The van der Waals surface area contributed by atoms with E-state index in [0.717, 1.165) is 11.1 Å². The molecule has 136 valence electrons. The molecule has 0 aliphatic heterocycles. The van der Waals surface area contributed by atoms with Crippen LogP contribution < -0.4 is 4.18 Å². The van der Waals surface area contributed by atoms with Gasteiger partial charge in [-0.1, -0.05) is 66.7 Å². The maximum absolute atomic E-state index is 12.4. The van der Waals surface area contributed by atoms with Crippen LogP contribution in [0.5, 0.6) is 5.75 Å². The molecule has 0 unspecified atom stereocenters. The second kappa shape index (κ2) is 8.01. The first-order chi connectivity index (χ1) is 12.9. The van der Waals surface area contributed by atoms with Crippen LogP contribution in [0.1, 0.15) is 28.4 Å². The molecule has 0 aromatic heterocycles. The van der Waals surface area contributed by atoms with Gasteiger partial charge in [0.05, 0.1) is 0 Å². The molecule has 0 fully saturated rings. The van der Waals surface area contributed by atoms with Gasteiger partial charge in [-0.15, -0.1) is 0 Å². The van der Waals surface area contributed by atoms with E-state index >= 15 is 0 Å². The molecule has 3 aromatic carbocycles. The molecule has 0 radical (unpaired) electrons. The van der Waals surface area contributed by atoms with E-state index in [1.54, 1.807) is 24.3 Å². The molecular formula is C22H18O4S. The molecule has 0 saturated heterocycles. The third kappa shape index (κ3) is 4.92. The number of hydrogen-bond acceptors (Lipinski definition) is 4. The normalized spacial score (nSPS) is 11.4. The number of rotatable bonds is 6. The first-order valence-electron chi connectivity index (χ1n) is 8.33. The van der Waals surface area contributed by atoms with Crippen LogP contribution in [0.25, 0.3) is 12.2 Å². The molecule has 0 atom stereocenters. The first kappa shape index (κ1) is 18.6. The van der Waals surface area contributed by atoms with Gasteiger partial charge in [0, 0.05) is 5.56 Å². The maximum atomic E-state index is 12.4. The van der Waals surface area contributed by atoms with E-state index in [0.29, 0.717) is 5.56 Å². The predicted octanol–water partition coefficient (Wildman–Crippen LogP) is 4.83. The van der Waals surface area contributed by atoms with Crippen molar-refractivity contribution < 1.29 is 17.4 Å². The van der Waals surface area contributed by atoms with Crippen LogP contribution >= 0.6 is 0 Å². The summed E-state index contributed by atoms with van der Waals surface area (Å²) >= 11 is 0. The van der Waals surface area contributed by atoms with E-state index in [1.807, 2.05) is 42.5 Å². The molecule has 0 bridgehead atoms. The zero-order valence-electron chi connectivity index (χ0n) is 14.7. The molecular weight excluding hydrogens is 360 g/mol. The summed E-state index contributed by atoms with van der Waals surface area (Å²) in [5.41, 5.74) is 2.45. The predicted molar refractivity (Wildman–Crippen MR) is 106 cm³/mol.